The molecule has 0 amide bonds. The van der Waals surface area contributed by atoms with Gasteiger partial charge in [0.15, 0.2) is 0 Å². The summed E-state index contributed by atoms with van der Waals surface area (Å²) in [4.78, 5) is 9.16. The Hall–Kier alpha value is -5.93. The quantitative estimate of drug-likeness (QED) is 0.165. The van der Waals surface area contributed by atoms with Crippen molar-refractivity contribution in [2.24, 2.45) is 0 Å². The van der Waals surface area contributed by atoms with E-state index in [1.54, 1.807) is 11.1 Å². The van der Waals surface area contributed by atoms with Crippen LogP contribution in [0.3, 0.4) is 0 Å². The Kier molecular flexibility index (Phi) is 10.5. The Morgan fingerprint density at radius 1 is 0.550 bits per heavy atom. The Balaban J connectivity index is 0.000000158. The van der Waals surface area contributed by atoms with E-state index in [1.165, 1.54) is 80.9 Å². The predicted molar refractivity (Wildman–Crippen MR) is 245 cm³/mol. The summed E-state index contributed by atoms with van der Waals surface area (Å²) in [7, 11) is 0. The summed E-state index contributed by atoms with van der Waals surface area (Å²) in [6.07, 6.45) is 9.20. The molecular formula is C56H47IrN3-2. The molecule has 4 aliphatic rings. The molecule has 1 fully saturated rings. The maximum atomic E-state index is 4.61. The zero-order valence-electron chi connectivity index (χ0n) is 33.2. The van der Waals surface area contributed by atoms with Gasteiger partial charge in [0, 0.05) is 48.7 Å². The number of para-hydroxylation sites is 1. The third-order valence-corrected chi connectivity index (χ3v) is 13.1. The van der Waals surface area contributed by atoms with Crippen molar-refractivity contribution >= 4 is 21.8 Å². The summed E-state index contributed by atoms with van der Waals surface area (Å²) >= 11 is 0. The molecule has 13 rings (SSSR count). The van der Waals surface area contributed by atoms with Gasteiger partial charge in [0.25, 0.3) is 0 Å². The van der Waals surface area contributed by atoms with Crippen molar-refractivity contribution < 1.29 is 20.1 Å². The summed E-state index contributed by atoms with van der Waals surface area (Å²) in [5.41, 5.74) is 18.7. The van der Waals surface area contributed by atoms with Gasteiger partial charge < -0.3 is 14.5 Å². The summed E-state index contributed by atoms with van der Waals surface area (Å²) < 4.78 is 2.39. The molecule has 3 aromatic heterocycles. The summed E-state index contributed by atoms with van der Waals surface area (Å²) in [6, 6.07) is 61.0. The van der Waals surface area contributed by atoms with E-state index in [0.29, 0.717) is 0 Å². The number of hydrogen-bond donors (Lipinski definition) is 0. The molecule has 1 radical (unpaired) electrons. The molecule has 297 valence electrons. The van der Waals surface area contributed by atoms with Crippen LogP contribution >= 0.6 is 0 Å². The minimum Gasteiger partial charge on any atom is -0.327 e. The Labute approximate surface area is 367 Å². The first-order valence-corrected chi connectivity index (χ1v) is 20.7. The second-order valence-electron chi connectivity index (χ2n) is 16.7. The van der Waals surface area contributed by atoms with Crippen molar-refractivity contribution in [1.29, 1.82) is 0 Å². The van der Waals surface area contributed by atoms with Crippen LogP contribution in [0.4, 0.5) is 0 Å². The van der Waals surface area contributed by atoms with E-state index in [4.69, 9.17) is 0 Å². The molecule has 6 aromatic carbocycles. The fraction of sp³-hybridized carbons (Fsp3) is 0.179. The van der Waals surface area contributed by atoms with Gasteiger partial charge in [-0.05, 0) is 99.5 Å². The second-order valence-corrected chi connectivity index (χ2v) is 16.7. The van der Waals surface area contributed by atoms with Gasteiger partial charge in [-0.1, -0.05) is 131 Å². The van der Waals surface area contributed by atoms with Crippen LogP contribution in [0.1, 0.15) is 81.0 Å². The average Bonchev–Trinajstić information content (AvgIpc) is 3.74. The van der Waals surface area contributed by atoms with E-state index >= 15 is 0 Å². The largest absolute Gasteiger partial charge is 0.327 e. The number of nitrogens with zero attached hydrogens (tertiary/aromatic N) is 3. The van der Waals surface area contributed by atoms with Gasteiger partial charge in [-0.25, -0.2) is 0 Å². The average molecular weight is 954 g/mol. The van der Waals surface area contributed by atoms with Crippen LogP contribution in [-0.2, 0) is 25.5 Å². The van der Waals surface area contributed by atoms with Gasteiger partial charge in [0.2, 0.25) is 0 Å². The number of hydrogen-bond acceptors (Lipinski definition) is 2. The van der Waals surface area contributed by atoms with E-state index in [0.717, 1.165) is 40.0 Å². The summed E-state index contributed by atoms with van der Waals surface area (Å²) in [5.74, 6) is 1.54. The SMILES string of the molecule is C.CC1(C)c2ccccc2-c2cc3c4ccccc4n(-c4cc[c-]c(-c5ccccn5)c4)c3cc21.[Ir].[c-]1cc2c(cc1-c1cc(-c3ccccc3)ccn1)C1CCC2CC1. The first-order valence-electron chi connectivity index (χ1n) is 20.7. The smallest absolute Gasteiger partial charge is 0.0527 e. The fourth-order valence-electron chi connectivity index (χ4n) is 10.2. The van der Waals surface area contributed by atoms with E-state index < -0.39 is 0 Å². The standard InChI is InChI=1S/C32H23N2.C23H20N.CH4.Ir/c1-32(2)27-14-5-3-12-23(27)25-19-26-24-13-4-6-16-30(24)34(31(26)20-28(25)32)22-11-9-10-21(18-22)29-15-7-8-17-33-29;1-2-4-16(5-3-1)19-12-13-24-23(15-19)20-10-11-21-17-6-8-18(9-7-17)22(21)14-20;;/h3-9,11-20H,1-2H3;1-5,11-15,17-18H,6-9H2;1H4;/q2*-1;;. The second kappa shape index (κ2) is 15.9. The van der Waals surface area contributed by atoms with Crippen molar-refractivity contribution in [3.63, 3.8) is 0 Å². The minimum absolute atomic E-state index is 0. The Morgan fingerprint density at radius 2 is 1.27 bits per heavy atom. The zero-order chi connectivity index (χ0) is 38.8. The van der Waals surface area contributed by atoms with E-state index in [9.17, 15) is 0 Å². The topological polar surface area (TPSA) is 30.7 Å². The molecule has 2 bridgehead atoms. The third kappa shape index (κ3) is 6.63. The van der Waals surface area contributed by atoms with Gasteiger partial charge >= 0.3 is 0 Å². The number of rotatable bonds is 4. The van der Waals surface area contributed by atoms with Crippen molar-refractivity contribution in [3.05, 3.63) is 198 Å². The van der Waals surface area contributed by atoms with Crippen LogP contribution in [0.5, 0.6) is 0 Å². The maximum absolute atomic E-state index is 4.61. The van der Waals surface area contributed by atoms with Crippen LogP contribution in [-0.4, -0.2) is 14.5 Å². The predicted octanol–water partition coefficient (Wildman–Crippen LogP) is 14.6. The van der Waals surface area contributed by atoms with Crippen molar-refractivity contribution in [1.82, 2.24) is 14.5 Å². The van der Waals surface area contributed by atoms with Crippen molar-refractivity contribution in [2.75, 3.05) is 0 Å². The van der Waals surface area contributed by atoms with Gasteiger partial charge in [-0.2, -0.15) is 0 Å². The van der Waals surface area contributed by atoms with Gasteiger partial charge in [0.05, 0.1) is 11.0 Å². The molecule has 4 heteroatoms. The van der Waals surface area contributed by atoms with Crippen LogP contribution in [0.25, 0.3) is 72.3 Å². The van der Waals surface area contributed by atoms with Crippen LogP contribution in [0.2, 0.25) is 0 Å². The summed E-state index contributed by atoms with van der Waals surface area (Å²) in [5, 5.41) is 2.56. The van der Waals surface area contributed by atoms with Gasteiger partial charge in [0.1, 0.15) is 0 Å². The molecule has 3 heterocycles. The molecule has 4 aliphatic carbocycles. The van der Waals surface area contributed by atoms with Crippen molar-refractivity contribution in [2.45, 2.75) is 64.2 Å². The zero-order valence-corrected chi connectivity index (χ0v) is 35.6. The number of benzene rings is 6. The Morgan fingerprint density at radius 3 is 2.08 bits per heavy atom. The molecule has 9 aromatic rings. The molecule has 0 spiro atoms. The third-order valence-electron chi connectivity index (χ3n) is 13.1. The van der Waals surface area contributed by atoms with Crippen LogP contribution in [0.15, 0.2) is 164 Å². The molecule has 60 heavy (non-hydrogen) atoms. The molecular weight excluding hydrogens is 907 g/mol. The molecule has 3 nitrogen and oxygen atoms in total. The fourth-order valence-corrected chi connectivity index (χ4v) is 10.2. The molecule has 0 N–H and O–H groups in total. The molecule has 0 saturated heterocycles. The van der Waals surface area contributed by atoms with Crippen LogP contribution in [0, 0.1) is 12.1 Å². The van der Waals surface area contributed by atoms with Gasteiger partial charge in [-0.15, -0.1) is 64.7 Å². The van der Waals surface area contributed by atoms with E-state index in [-0.39, 0.29) is 32.9 Å². The van der Waals surface area contributed by atoms with E-state index in [1.807, 2.05) is 36.7 Å². The maximum Gasteiger partial charge on any atom is 0.0527 e. The first kappa shape index (κ1) is 39.5. The monoisotopic (exact) mass is 954 g/mol. The Bertz CT molecular complexity index is 2990. The molecule has 1 saturated carbocycles. The minimum atomic E-state index is -0.0367. The van der Waals surface area contributed by atoms with E-state index in [2.05, 4.69) is 168 Å². The number of pyridine rings is 2. The molecule has 0 atom stereocenters. The number of aromatic nitrogens is 3. The molecule has 0 unspecified atom stereocenters. The van der Waals surface area contributed by atoms with Crippen molar-refractivity contribution in [3.8, 4) is 50.5 Å². The van der Waals surface area contributed by atoms with Gasteiger partial charge in [-0.3, -0.25) is 0 Å². The van der Waals surface area contributed by atoms with Crippen LogP contribution < -0.4 is 0 Å². The first-order chi connectivity index (χ1) is 28.5. The normalized spacial score (nSPS) is 16.4. The number of fused-ring (bicyclic) bond motifs is 8. The summed E-state index contributed by atoms with van der Waals surface area (Å²) in [6.45, 7) is 4.68. The molecule has 0 aliphatic heterocycles.